The molecule has 2 unspecified atom stereocenters. The lowest BCUT2D eigenvalue weighted by Crippen LogP contribution is -2.52. The molecule has 12 N–H and O–H groups in total. The molecule has 30 heteroatoms. The summed E-state index contributed by atoms with van der Waals surface area (Å²) in [5.41, 5.74) is 9.57. The average molecular weight is 1660 g/mol. The Morgan fingerprint density at radius 1 is 0.371 bits per heavy atom. The van der Waals surface area contributed by atoms with Gasteiger partial charge in [-0.05, 0) is 150 Å². The number of pyridine rings is 4. The monoisotopic (exact) mass is 1660 g/mol. The Kier molecular flexibility index (Phi) is 38.7. The van der Waals surface area contributed by atoms with Crippen LogP contribution in [0.1, 0.15) is 151 Å². The van der Waals surface area contributed by atoms with E-state index in [-0.39, 0.29) is 81.8 Å². The normalized spacial score (nSPS) is 12.9. The Morgan fingerprint density at radius 2 is 0.664 bits per heavy atom. The van der Waals surface area contributed by atoms with Crippen LogP contribution in [0.25, 0.3) is 43.6 Å². The summed E-state index contributed by atoms with van der Waals surface area (Å²) in [5.74, 6) is -4.57. The Hall–Kier alpha value is -12.2. The molecule has 116 heavy (non-hydrogen) atoms. The second-order valence-corrected chi connectivity index (χ2v) is 29.6. The number of nitrogens with zero attached hydrogens (tertiary/aromatic N) is 4. The molecule has 0 saturated heterocycles. The third kappa shape index (κ3) is 31.7. The van der Waals surface area contributed by atoms with E-state index in [4.69, 9.17) is 20.7 Å². The summed E-state index contributed by atoms with van der Waals surface area (Å²) in [5, 5.41) is 43.6. The highest BCUT2D eigenvalue weighted by Gasteiger charge is 2.30. The fourth-order valence-electron chi connectivity index (χ4n) is 11.0. The van der Waals surface area contributed by atoms with Gasteiger partial charge in [-0.15, -0.1) is 0 Å². The van der Waals surface area contributed by atoms with Crippen molar-refractivity contribution in [2.75, 3.05) is 31.4 Å². The van der Waals surface area contributed by atoms with Gasteiger partial charge in [-0.2, -0.15) is 0 Å². The number of hydrogen-bond donors (Lipinski definition) is 11. The number of methoxy groups -OCH3 is 2. The molecule has 618 valence electrons. The maximum absolute atomic E-state index is 13.0. The van der Waals surface area contributed by atoms with Crippen molar-refractivity contribution in [3.63, 3.8) is 0 Å². The number of carbonyl (C=O) groups is 12. The highest BCUT2D eigenvalue weighted by Crippen LogP contribution is 2.20. The van der Waals surface area contributed by atoms with Crippen molar-refractivity contribution in [2.24, 2.45) is 29.4 Å². The summed E-state index contributed by atoms with van der Waals surface area (Å²) >= 11 is 3.09. The minimum absolute atomic E-state index is 0.0516. The van der Waals surface area contributed by atoms with Crippen LogP contribution in [0.5, 0.6) is 5.75 Å². The van der Waals surface area contributed by atoms with E-state index in [1.54, 1.807) is 82.5 Å². The smallest absolute Gasteiger partial charge is 0.326 e. The van der Waals surface area contributed by atoms with Gasteiger partial charge in [0.05, 0.1) is 60.2 Å². The molecular weight excluding hydrogens is 1550 g/mol. The molecule has 9 aromatic rings. The average Bonchev–Trinajstić information content (AvgIpc) is 0.839. The molecule has 5 aromatic carbocycles. The van der Waals surface area contributed by atoms with Crippen LogP contribution in [0.3, 0.4) is 0 Å². The van der Waals surface area contributed by atoms with Gasteiger partial charge in [-0.3, -0.25) is 52.7 Å². The second-order valence-electron chi connectivity index (χ2n) is 29.0. The first-order valence-corrected chi connectivity index (χ1v) is 39.0. The summed E-state index contributed by atoms with van der Waals surface area (Å²) in [6.45, 7) is 21.8. The SMILES string of the molecule is CC(C)C[C@H](NC(=O)c1ccc2ccccc2n1)C(=O)NC(C)C(=O)CBr.CC(C)C[C@H](NC(=O)c1ccc2ccccc2n1)C(=O)N[C@@H](C)C(=O)O.CC(C)C[C@H](NC(=O)c1ccc2ccccc2n1)C(=O)O.COC(=O)[C@H](C)N.COc1ccc(NCC(=O)C(C)NC(=O)[C@H](CC(C)C)NC(=O)c2ccc3ccccc3n2)cc1. The molecule has 0 fully saturated rings. The van der Waals surface area contributed by atoms with E-state index in [1.807, 2.05) is 171 Å². The number of benzene rings is 5. The number of Topliss-reactive ketones (excluding diaryl/α,β-unsaturated/α-hetero) is 2. The zero-order valence-corrected chi connectivity index (χ0v) is 69.3. The lowest BCUT2D eigenvalue weighted by atomic mass is 10.0. The summed E-state index contributed by atoms with van der Waals surface area (Å²) < 4.78 is 9.37. The van der Waals surface area contributed by atoms with E-state index in [1.165, 1.54) is 14.0 Å². The number of aromatic nitrogens is 4. The number of aliphatic carboxylic acids is 2. The molecule has 0 spiro atoms. The minimum Gasteiger partial charge on any atom is -0.497 e. The number of hydrogen-bond acceptors (Lipinski definition) is 20. The van der Waals surface area contributed by atoms with Crippen LogP contribution >= 0.6 is 15.9 Å². The number of ether oxygens (including phenoxy) is 2. The van der Waals surface area contributed by atoms with Gasteiger partial charge in [0.1, 0.15) is 64.8 Å². The van der Waals surface area contributed by atoms with E-state index in [2.05, 4.69) is 83.1 Å². The first kappa shape index (κ1) is 94.4. The van der Waals surface area contributed by atoms with Gasteiger partial charge in [0.15, 0.2) is 11.6 Å². The Balaban J connectivity index is 0.000000272. The van der Waals surface area contributed by atoms with Gasteiger partial charge < -0.3 is 68.0 Å². The van der Waals surface area contributed by atoms with Crippen LogP contribution in [0.15, 0.2) is 170 Å². The minimum atomic E-state index is -1.14. The van der Waals surface area contributed by atoms with Gasteiger partial charge in [0, 0.05) is 27.2 Å². The van der Waals surface area contributed by atoms with Crippen LogP contribution in [0.4, 0.5) is 5.69 Å². The molecular formula is C86H106BrN13O16. The van der Waals surface area contributed by atoms with Crippen LogP contribution in [0, 0.1) is 23.7 Å². The predicted octanol–water partition coefficient (Wildman–Crippen LogP) is 10.4. The van der Waals surface area contributed by atoms with Gasteiger partial charge in [-0.1, -0.05) is 168 Å². The number of alkyl halides is 1. The number of carboxylic acids is 2. The van der Waals surface area contributed by atoms with Gasteiger partial charge in [0.25, 0.3) is 23.6 Å². The molecule has 0 saturated carbocycles. The van der Waals surface area contributed by atoms with Crippen molar-refractivity contribution in [1.82, 2.24) is 57.2 Å². The lowest BCUT2D eigenvalue weighted by Gasteiger charge is -2.22. The van der Waals surface area contributed by atoms with Crippen molar-refractivity contribution in [1.29, 1.82) is 0 Å². The number of para-hydroxylation sites is 4. The van der Waals surface area contributed by atoms with Crippen LogP contribution in [-0.2, 0) is 43.1 Å². The second kappa shape index (κ2) is 47.5. The van der Waals surface area contributed by atoms with Crippen LogP contribution < -0.4 is 53.0 Å². The molecule has 0 aliphatic heterocycles. The molecule has 0 bridgehead atoms. The quantitative estimate of drug-likeness (QED) is 0.0138. The summed E-state index contributed by atoms with van der Waals surface area (Å²) in [6.07, 6.45) is 1.66. The number of rotatable bonds is 32. The number of carbonyl (C=O) groups excluding carboxylic acids is 10. The zero-order chi connectivity index (χ0) is 85.9. The fourth-order valence-corrected chi connectivity index (χ4v) is 11.5. The molecule has 0 aliphatic carbocycles. The summed E-state index contributed by atoms with van der Waals surface area (Å²) in [4.78, 5) is 162. The Labute approximate surface area is 683 Å². The van der Waals surface area contributed by atoms with Crippen molar-refractivity contribution in [2.45, 2.75) is 157 Å². The van der Waals surface area contributed by atoms with E-state index in [9.17, 15) is 57.5 Å². The van der Waals surface area contributed by atoms with Crippen molar-refractivity contribution in [3.05, 3.63) is 193 Å². The number of ketones is 2. The molecule has 8 atom stereocenters. The van der Waals surface area contributed by atoms with Gasteiger partial charge >= 0.3 is 17.9 Å². The maximum Gasteiger partial charge on any atom is 0.326 e. The number of anilines is 1. The third-order valence-corrected chi connectivity index (χ3v) is 17.8. The van der Waals surface area contributed by atoms with Crippen LogP contribution in [-0.4, -0.2) is 175 Å². The lowest BCUT2D eigenvalue weighted by molar-refractivity contribution is -0.142. The number of esters is 1. The molecule has 9 rings (SSSR count). The number of carboxylic acid groups (broad SMARTS) is 2. The van der Waals surface area contributed by atoms with Gasteiger partial charge in [-0.25, -0.2) is 24.7 Å². The first-order valence-electron chi connectivity index (χ1n) is 37.9. The Morgan fingerprint density at radius 3 is 0.931 bits per heavy atom. The fraction of sp³-hybridized carbons (Fsp3) is 0.372. The predicted molar refractivity (Wildman–Crippen MR) is 449 cm³/mol. The molecule has 7 amide bonds. The van der Waals surface area contributed by atoms with Crippen molar-refractivity contribution in [3.8, 4) is 5.75 Å². The highest BCUT2D eigenvalue weighted by atomic mass is 79.9. The number of fused-ring (bicyclic) bond motifs is 4. The van der Waals surface area contributed by atoms with Crippen LogP contribution in [0.2, 0.25) is 0 Å². The largest absolute Gasteiger partial charge is 0.497 e. The highest BCUT2D eigenvalue weighted by molar-refractivity contribution is 9.09. The Bertz CT molecular complexity index is 4850. The summed E-state index contributed by atoms with van der Waals surface area (Å²) in [6, 6.07) is 44.7. The van der Waals surface area contributed by atoms with E-state index >= 15 is 0 Å². The third-order valence-electron chi connectivity index (χ3n) is 17.3. The number of halogens is 1. The number of nitrogens with one attached hydrogen (secondary N) is 8. The van der Waals surface area contributed by atoms with Crippen molar-refractivity contribution < 1.29 is 77.2 Å². The molecule has 0 radical (unpaired) electrons. The maximum atomic E-state index is 13.0. The molecule has 4 heterocycles. The first-order chi connectivity index (χ1) is 55.0. The molecule has 4 aromatic heterocycles. The molecule has 0 aliphatic rings. The molecule has 29 nitrogen and oxygen atoms in total. The van der Waals surface area contributed by atoms with Crippen molar-refractivity contribution >= 4 is 136 Å². The summed E-state index contributed by atoms with van der Waals surface area (Å²) in [7, 11) is 2.90. The standard InChI is InChI=1S/C27H32N4O4.C20H24BrN3O3.C19H23N3O4.C16H18N2O3.C4H9NO2/c1-17(2)15-24(31-26(33)23-14-9-19-7-5-6-8-22(19)30-23)27(34)29-18(3)25(32)16-28-20-10-12-21(35-4)13-11-20;1-12(2)10-17(20(27)22-13(3)18(25)11-21)24-19(26)16-9-8-14-6-4-5-7-15(14)23-16;1-11(2)10-16(18(24)20-12(3)19(25)26)22-17(23)15-9-8-13-6-4-5-7-14(13)21-15;1-10(2)9-14(16(20)21)18-15(19)13-8-7-11-5-3-4-6-12(11)17-13;1-3(5)4(6)7-2/h5-14,17-18,24,28H,15-16H2,1-4H3,(H,29,34)(H,31,33);4-9,12-13,17H,10-11H2,1-3H3,(H,22,27)(H,24,26);4-9,11-12,16H,10H2,1-3H3,(H,20,24)(H,22,23)(H,25,26);3-8,10,14H,9H2,1-2H3,(H,18,19)(H,20,21);3H,5H2,1-2H3/t18?,24-;13?,17-;12-,16-;14-;3-/m00000/s1. The topological polar surface area (TPSA) is 438 Å². The van der Waals surface area contributed by atoms with Gasteiger partial charge in [0.2, 0.25) is 17.7 Å². The van der Waals surface area contributed by atoms with E-state index in [0.717, 1.165) is 33.0 Å². The van der Waals surface area contributed by atoms with E-state index < -0.39 is 95.7 Å². The number of nitrogens with two attached hydrogens (primary N) is 1. The number of amides is 7. The van der Waals surface area contributed by atoms with E-state index in [0.29, 0.717) is 47.8 Å². The zero-order valence-electron chi connectivity index (χ0n) is 67.7.